The molecule has 0 spiro atoms. The van der Waals surface area contributed by atoms with Crippen LogP contribution in [0.5, 0.6) is 0 Å². The van der Waals surface area contributed by atoms with Crippen molar-refractivity contribution in [1.29, 1.82) is 0 Å². The lowest BCUT2D eigenvalue weighted by atomic mass is 10.1. The second-order valence-corrected chi connectivity index (χ2v) is 4.55. The van der Waals surface area contributed by atoms with Gasteiger partial charge in [0.25, 0.3) is 0 Å². The van der Waals surface area contributed by atoms with Gasteiger partial charge < -0.3 is 14.8 Å². The maximum absolute atomic E-state index is 11.8. The molecule has 1 aromatic carbocycles. The van der Waals surface area contributed by atoms with Gasteiger partial charge in [-0.3, -0.25) is 0 Å². The topological polar surface area (TPSA) is 64.6 Å². The largest absolute Gasteiger partial charge is 0.466 e. The summed E-state index contributed by atoms with van der Waals surface area (Å²) in [7, 11) is 2.57. The quantitative estimate of drug-likeness (QED) is 0.474. The first-order chi connectivity index (χ1) is 10.6. The first-order valence-electron chi connectivity index (χ1n) is 6.91. The van der Waals surface area contributed by atoms with Crippen LogP contribution in [0, 0.1) is 0 Å². The van der Waals surface area contributed by atoms with Gasteiger partial charge in [0.1, 0.15) is 0 Å². The lowest BCUT2D eigenvalue weighted by molar-refractivity contribution is -0.135. The molecule has 0 fully saturated rings. The van der Waals surface area contributed by atoms with Gasteiger partial charge in [-0.15, -0.1) is 0 Å². The molecule has 0 heterocycles. The summed E-state index contributed by atoms with van der Waals surface area (Å²) >= 11 is 0. The molecule has 0 saturated heterocycles. The predicted octanol–water partition coefficient (Wildman–Crippen LogP) is 1.99. The standard InChI is InChI=1S/C17H21NO4/c1-13(18-12-11-14-7-5-4-6-8-14)15(17(20)22-3)9-10-16(19)21-2/h4-10,18H,11-12H2,1-3H3. The maximum Gasteiger partial charge on any atom is 0.339 e. The van der Waals surface area contributed by atoms with Crippen molar-refractivity contribution >= 4 is 11.9 Å². The second kappa shape index (κ2) is 9.39. The Hall–Kier alpha value is -2.56. The lowest BCUT2D eigenvalue weighted by Gasteiger charge is -2.10. The highest BCUT2D eigenvalue weighted by Gasteiger charge is 2.11. The molecule has 118 valence electrons. The Balaban J connectivity index is 2.72. The smallest absolute Gasteiger partial charge is 0.339 e. The highest BCUT2D eigenvalue weighted by Crippen LogP contribution is 2.07. The Bertz CT molecular complexity index is 561. The number of carbonyl (C=O) groups is 2. The maximum atomic E-state index is 11.8. The molecular weight excluding hydrogens is 282 g/mol. The summed E-state index contributed by atoms with van der Waals surface area (Å²) in [5.74, 6) is -1.04. The summed E-state index contributed by atoms with van der Waals surface area (Å²) in [5, 5.41) is 3.16. The van der Waals surface area contributed by atoms with Gasteiger partial charge >= 0.3 is 11.9 Å². The Morgan fingerprint density at radius 2 is 1.77 bits per heavy atom. The molecule has 22 heavy (non-hydrogen) atoms. The number of carbonyl (C=O) groups excluding carboxylic acids is 2. The number of ether oxygens (including phenoxy) is 2. The van der Waals surface area contributed by atoms with Gasteiger partial charge in [-0.2, -0.15) is 0 Å². The van der Waals surface area contributed by atoms with Crippen molar-refractivity contribution in [3.8, 4) is 0 Å². The summed E-state index contributed by atoms with van der Waals surface area (Å²) in [6.07, 6.45) is 3.41. The van der Waals surface area contributed by atoms with Crippen molar-refractivity contribution in [2.75, 3.05) is 20.8 Å². The van der Waals surface area contributed by atoms with E-state index in [9.17, 15) is 9.59 Å². The molecule has 0 amide bonds. The van der Waals surface area contributed by atoms with E-state index in [1.54, 1.807) is 6.92 Å². The molecule has 0 atom stereocenters. The average molecular weight is 303 g/mol. The minimum atomic E-state index is -0.529. The molecule has 0 unspecified atom stereocenters. The van der Waals surface area contributed by atoms with Crippen LogP contribution < -0.4 is 5.32 Å². The lowest BCUT2D eigenvalue weighted by Crippen LogP contribution is -2.19. The minimum absolute atomic E-state index is 0.293. The van der Waals surface area contributed by atoms with E-state index in [2.05, 4.69) is 10.1 Å². The molecule has 0 aliphatic carbocycles. The van der Waals surface area contributed by atoms with Crippen LogP contribution in [0.15, 0.2) is 53.8 Å². The van der Waals surface area contributed by atoms with Gasteiger partial charge in [0.2, 0.25) is 0 Å². The third kappa shape index (κ3) is 5.83. The van der Waals surface area contributed by atoms with Gasteiger partial charge in [0.05, 0.1) is 19.8 Å². The normalized spacial score (nSPS) is 11.8. The van der Waals surface area contributed by atoms with Gasteiger partial charge in [-0.25, -0.2) is 9.59 Å². The first kappa shape index (κ1) is 17.5. The van der Waals surface area contributed by atoms with Crippen molar-refractivity contribution in [3.05, 3.63) is 59.3 Å². The molecule has 0 saturated carbocycles. The molecule has 1 rings (SSSR count). The molecule has 0 aliphatic rings. The summed E-state index contributed by atoms with van der Waals surface area (Å²) < 4.78 is 9.24. The zero-order chi connectivity index (χ0) is 16.4. The molecular formula is C17H21NO4. The fraction of sp³-hybridized carbons (Fsp3) is 0.294. The number of allylic oxidation sites excluding steroid dienone is 1. The number of methoxy groups -OCH3 is 2. The number of esters is 2. The van der Waals surface area contributed by atoms with Gasteiger partial charge in [-0.05, 0) is 25.0 Å². The highest BCUT2D eigenvalue weighted by molar-refractivity contribution is 5.94. The summed E-state index contributed by atoms with van der Waals surface area (Å²) in [4.78, 5) is 22.9. The first-order valence-corrected chi connectivity index (χ1v) is 6.91. The van der Waals surface area contributed by atoms with E-state index >= 15 is 0 Å². The van der Waals surface area contributed by atoms with Crippen LogP contribution in [0.4, 0.5) is 0 Å². The average Bonchev–Trinajstić information content (AvgIpc) is 2.55. The van der Waals surface area contributed by atoms with E-state index in [-0.39, 0.29) is 0 Å². The minimum Gasteiger partial charge on any atom is -0.466 e. The molecule has 1 N–H and O–H groups in total. The molecule has 5 nitrogen and oxygen atoms in total. The summed E-state index contributed by atoms with van der Waals surface area (Å²) in [6, 6.07) is 10.0. The number of hydrogen-bond acceptors (Lipinski definition) is 5. The van der Waals surface area contributed by atoms with Crippen LogP contribution in [0.2, 0.25) is 0 Å². The van der Waals surface area contributed by atoms with Crippen LogP contribution in [0.25, 0.3) is 0 Å². The third-order valence-electron chi connectivity index (χ3n) is 3.04. The summed E-state index contributed by atoms with van der Waals surface area (Å²) in [5.41, 5.74) is 2.14. The Morgan fingerprint density at radius 3 is 2.36 bits per heavy atom. The Morgan fingerprint density at radius 1 is 1.09 bits per heavy atom. The SMILES string of the molecule is COC(=O)C=CC(C(=O)OC)=C(C)NCCc1ccccc1. The molecule has 5 heteroatoms. The van der Waals surface area contributed by atoms with Crippen molar-refractivity contribution in [1.82, 2.24) is 5.32 Å². The van der Waals surface area contributed by atoms with Crippen LogP contribution in [-0.2, 0) is 25.5 Å². The van der Waals surface area contributed by atoms with E-state index in [0.29, 0.717) is 17.8 Å². The zero-order valence-corrected chi connectivity index (χ0v) is 13.1. The molecule has 0 bridgehead atoms. The van der Waals surface area contributed by atoms with Crippen LogP contribution >= 0.6 is 0 Å². The van der Waals surface area contributed by atoms with E-state index < -0.39 is 11.9 Å². The van der Waals surface area contributed by atoms with Gasteiger partial charge in [-0.1, -0.05) is 30.3 Å². The Kier molecular flexibility index (Phi) is 7.47. The van der Waals surface area contributed by atoms with Crippen LogP contribution in [0.3, 0.4) is 0 Å². The van der Waals surface area contributed by atoms with Crippen LogP contribution in [0.1, 0.15) is 12.5 Å². The number of rotatable bonds is 7. The number of benzene rings is 1. The van der Waals surface area contributed by atoms with Gasteiger partial charge in [0, 0.05) is 18.3 Å². The van der Waals surface area contributed by atoms with Crippen LogP contribution in [-0.4, -0.2) is 32.7 Å². The fourth-order valence-corrected chi connectivity index (χ4v) is 1.81. The third-order valence-corrected chi connectivity index (χ3v) is 3.04. The molecule has 0 radical (unpaired) electrons. The van der Waals surface area contributed by atoms with E-state index in [0.717, 1.165) is 6.42 Å². The number of hydrogen-bond donors (Lipinski definition) is 1. The highest BCUT2D eigenvalue weighted by atomic mass is 16.5. The molecule has 0 aliphatic heterocycles. The fourth-order valence-electron chi connectivity index (χ4n) is 1.81. The monoisotopic (exact) mass is 303 g/mol. The number of nitrogens with one attached hydrogen (secondary N) is 1. The Labute approximate surface area is 130 Å². The van der Waals surface area contributed by atoms with E-state index in [4.69, 9.17) is 4.74 Å². The summed E-state index contributed by atoms with van der Waals surface area (Å²) in [6.45, 7) is 2.43. The van der Waals surface area contributed by atoms with Crippen molar-refractivity contribution < 1.29 is 19.1 Å². The molecule has 0 aromatic heterocycles. The molecule has 1 aromatic rings. The van der Waals surface area contributed by atoms with Crippen molar-refractivity contribution in [2.24, 2.45) is 0 Å². The second-order valence-electron chi connectivity index (χ2n) is 4.55. The van der Waals surface area contributed by atoms with Crippen molar-refractivity contribution in [2.45, 2.75) is 13.3 Å². The van der Waals surface area contributed by atoms with E-state index in [1.165, 1.54) is 31.9 Å². The zero-order valence-electron chi connectivity index (χ0n) is 13.1. The van der Waals surface area contributed by atoms with Crippen molar-refractivity contribution in [3.63, 3.8) is 0 Å². The van der Waals surface area contributed by atoms with Gasteiger partial charge in [0.15, 0.2) is 0 Å². The van der Waals surface area contributed by atoms with E-state index in [1.807, 2.05) is 30.3 Å². The predicted molar refractivity (Wildman–Crippen MR) is 84.0 cm³/mol.